The number of thioether (sulfide) groups is 1. The lowest BCUT2D eigenvalue weighted by atomic mass is 10.1. The van der Waals surface area contributed by atoms with Crippen molar-refractivity contribution in [3.63, 3.8) is 0 Å². The number of rotatable bonds is 8. The minimum Gasteiger partial charge on any atom is -0.345 e. The Kier molecular flexibility index (Phi) is 8.06. The summed E-state index contributed by atoms with van der Waals surface area (Å²) in [7, 11) is 0. The van der Waals surface area contributed by atoms with Gasteiger partial charge in [0.25, 0.3) is 5.91 Å². The van der Waals surface area contributed by atoms with Crippen molar-refractivity contribution in [2.24, 2.45) is 0 Å². The van der Waals surface area contributed by atoms with Gasteiger partial charge in [0, 0.05) is 21.7 Å². The molecule has 4 aromatic rings. The fraction of sp³-hybridized carbons (Fsp3) is 0.136. The second-order valence-corrected chi connectivity index (χ2v) is 9.86. The van der Waals surface area contributed by atoms with Gasteiger partial charge in [-0.3, -0.25) is 14.2 Å². The largest absolute Gasteiger partial charge is 0.417 e. The molecule has 186 valence electrons. The van der Waals surface area contributed by atoms with Crippen LogP contribution in [0.4, 0.5) is 18.3 Å². The number of nitrogens with one attached hydrogen (secondary N) is 2. The number of carbonyl (C=O) groups is 2. The van der Waals surface area contributed by atoms with Crippen LogP contribution in [0.5, 0.6) is 0 Å². The second kappa shape index (κ2) is 11.2. The Morgan fingerprint density at radius 1 is 1.08 bits per heavy atom. The van der Waals surface area contributed by atoms with E-state index in [1.165, 1.54) is 23.5 Å². The van der Waals surface area contributed by atoms with E-state index in [2.05, 4.69) is 41.7 Å². The third kappa shape index (κ3) is 6.30. The number of anilines is 1. The van der Waals surface area contributed by atoms with Gasteiger partial charge in [0.1, 0.15) is 0 Å². The van der Waals surface area contributed by atoms with Gasteiger partial charge in [-0.2, -0.15) is 13.2 Å². The van der Waals surface area contributed by atoms with Crippen LogP contribution >= 0.6 is 39.0 Å². The normalized spacial score (nSPS) is 11.3. The van der Waals surface area contributed by atoms with Gasteiger partial charge in [-0.15, -0.1) is 21.5 Å². The summed E-state index contributed by atoms with van der Waals surface area (Å²) in [4.78, 5) is 28.9. The first-order valence-electron chi connectivity index (χ1n) is 10.2. The van der Waals surface area contributed by atoms with E-state index in [1.54, 1.807) is 40.4 Å². The lowest BCUT2D eigenvalue weighted by Crippen LogP contribution is -2.27. The van der Waals surface area contributed by atoms with Crippen LogP contribution < -0.4 is 10.6 Å². The number of hydrogen-bond donors (Lipinski definition) is 2. The zero-order valence-corrected chi connectivity index (χ0v) is 21.3. The first kappa shape index (κ1) is 25.9. The van der Waals surface area contributed by atoms with Crippen LogP contribution in [0.25, 0.3) is 5.69 Å². The Morgan fingerprint density at radius 2 is 1.83 bits per heavy atom. The molecule has 0 saturated heterocycles. The van der Waals surface area contributed by atoms with E-state index in [0.717, 1.165) is 28.4 Å². The van der Waals surface area contributed by atoms with E-state index in [0.29, 0.717) is 16.0 Å². The number of hydrogen-bond acceptors (Lipinski definition) is 7. The van der Waals surface area contributed by atoms with E-state index in [9.17, 15) is 22.8 Å². The van der Waals surface area contributed by atoms with Crippen LogP contribution in [-0.2, 0) is 17.5 Å². The molecule has 0 radical (unpaired) electrons. The molecule has 2 aromatic carbocycles. The van der Waals surface area contributed by atoms with Crippen molar-refractivity contribution >= 4 is 56.0 Å². The number of carbonyl (C=O) groups excluding carboxylic acids is 2. The smallest absolute Gasteiger partial charge is 0.345 e. The molecule has 2 amide bonds. The molecule has 0 aliphatic heterocycles. The second-order valence-electron chi connectivity index (χ2n) is 7.11. The highest BCUT2D eigenvalue weighted by Gasteiger charge is 2.34. The van der Waals surface area contributed by atoms with Crippen molar-refractivity contribution in [2.45, 2.75) is 17.9 Å². The number of benzene rings is 2. The summed E-state index contributed by atoms with van der Waals surface area (Å²) < 4.78 is 42.4. The number of aromatic nitrogens is 4. The summed E-state index contributed by atoms with van der Waals surface area (Å²) in [5, 5.41) is 16.0. The number of alkyl halides is 3. The fourth-order valence-electron chi connectivity index (χ4n) is 3.11. The van der Waals surface area contributed by atoms with Crippen LogP contribution in [0.2, 0.25) is 0 Å². The molecular weight excluding hydrogens is 581 g/mol. The van der Waals surface area contributed by atoms with Crippen molar-refractivity contribution < 1.29 is 22.8 Å². The highest BCUT2D eigenvalue weighted by Crippen LogP contribution is 2.32. The van der Waals surface area contributed by atoms with Gasteiger partial charge in [-0.1, -0.05) is 39.8 Å². The van der Waals surface area contributed by atoms with Crippen molar-refractivity contribution in [1.82, 2.24) is 25.1 Å². The molecular formula is C22H16BrF3N6O2S2. The van der Waals surface area contributed by atoms with Crippen LogP contribution in [-0.4, -0.2) is 37.3 Å². The molecule has 0 aliphatic rings. The summed E-state index contributed by atoms with van der Waals surface area (Å²) in [6.07, 6.45) is -3.10. The lowest BCUT2D eigenvalue weighted by Gasteiger charge is -2.13. The molecule has 0 aliphatic carbocycles. The minimum absolute atomic E-state index is 0.0135. The molecule has 2 N–H and O–H groups in total. The summed E-state index contributed by atoms with van der Waals surface area (Å²) in [6, 6.07) is 11.7. The molecule has 2 aromatic heterocycles. The summed E-state index contributed by atoms with van der Waals surface area (Å²) in [6.45, 7) is -0.194. The van der Waals surface area contributed by atoms with Gasteiger partial charge in [-0.05, 0) is 36.4 Å². The van der Waals surface area contributed by atoms with Crippen molar-refractivity contribution in [3.05, 3.63) is 81.5 Å². The molecule has 14 heteroatoms. The number of amides is 2. The van der Waals surface area contributed by atoms with E-state index in [1.807, 2.05) is 0 Å². The van der Waals surface area contributed by atoms with Gasteiger partial charge in [0.2, 0.25) is 5.91 Å². The van der Waals surface area contributed by atoms with Crippen LogP contribution in [0.1, 0.15) is 21.7 Å². The molecule has 0 atom stereocenters. The van der Waals surface area contributed by atoms with Gasteiger partial charge < -0.3 is 10.6 Å². The Bertz CT molecular complexity index is 1360. The summed E-state index contributed by atoms with van der Waals surface area (Å²) in [5.74, 6) is -0.901. The third-order valence-corrected chi connectivity index (χ3v) is 6.83. The van der Waals surface area contributed by atoms with Crippen molar-refractivity contribution in [3.8, 4) is 5.69 Å². The van der Waals surface area contributed by atoms with Crippen LogP contribution in [0.3, 0.4) is 0 Å². The standard InChI is InChI=1S/C22H16BrF3N6O2S2/c23-13-5-7-14(8-6-13)32-17(11-28-19(34)15-3-1-2-4-16(15)22(24,25)26)30-31-21(32)36-12-18(33)29-20-27-9-10-35-20/h1-10H,11-12H2,(H,28,34)(H,27,29,33). The van der Waals surface area contributed by atoms with E-state index >= 15 is 0 Å². The maximum absolute atomic E-state index is 13.3. The fourth-order valence-corrected chi connectivity index (χ4v) is 4.69. The van der Waals surface area contributed by atoms with Gasteiger partial charge >= 0.3 is 6.18 Å². The Morgan fingerprint density at radius 3 is 2.53 bits per heavy atom. The molecule has 4 rings (SSSR count). The summed E-state index contributed by atoms with van der Waals surface area (Å²) in [5.41, 5.74) is -0.876. The lowest BCUT2D eigenvalue weighted by molar-refractivity contribution is -0.138. The average Bonchev–Trinajstić information content (AvgIpc) is 3.51. The molecule has 8 nitrogen and oxygen atoms in total. The topological polar surface area (TPSA) is 102 Å². The molecule has 36 heavy (non-hydrogen) atoms. The molecule has 0 bridgehead atoms. The van der Waals surface area contributed by atoms with E-state index < -0.39 is 23.2 Å². The first-order valence-corrected chi connectivity index (χ1v) is 12.8. The molecule has 0 saturated carbocycles. The van der Waals surface area contributed by atoms with E-state index in [-0.39, 0.29) is 24.0 Å². The quantitative estimate of drug-likeness (QED) is 0.272. The Balaban J connectivity index is 1.54. The SMILES string of the molecule is O=C(CSc1nnc(CNC(=O)c2ccccc2C(F)(F)F)n1-c1ccc(Br)cc1)Nc1nccs1. The van der Waals surface area contributed by atoms with Gasteiger partial charge in [0.15, 0.2) is 16.1 Å². The maximum Gasteiger partial charge on any atom is 0.417 e. The highest BCUT2D eigenvalue weighted by molar-refractivity contribution is 9.10. The third-order valence-electron chi connectivity index (χ3n) is 4.68. The number of thiazole rings is 1. The average molecular weight is 597 g/mol. The Labute approximate surface area is 219 Å². The van der Waals surface area contributed by atoms with E-state index in [4.69, 9.17) is 0 Å². The predicted molar refractivity (Wildman–Crippen MR) is 133 cm³/mol. The molecule has 2 heterocycles. The van der Waals surface area contributed by atoms with Gasteiger partial charge in [0.05, 0.1) is 23.4 Å². The predicted octanol–water partition coefficient (Wildman–Crippen LogP) is 5.17. The monoisotopic (exact) mass is 596 g/mol. The van der Waals surface area contributed by atoms with Gasteiger partial charge in [-0.25, -0.2) is 4.98 Å². The molecule has 0 fully saturated rings. The van der Waals surface area contributed by atoms with Crippen LogP contribution in [0.15, 0.2) is 69.7 Å². The van der Waals surface area contributed by atoms with Crippen molar-refractivity contribution in [1.29, 1.82) is 0 Å². The molecule has 0 unspecified atom stereocenters. The van der Waals surface area contributed by atoms with Crippen LogP contribution in [0, 0.1) is 0 Å². The highest BCUT2D eigenvalue weighted by atomic mass is 79.9. The zero-order valence-electron chi connectivity index (χ0n) is 18.1. The zero-order chi connectivity index (χ0) is 25.7. The summed E-state index contributed by atoms with van der Waals surface area (Å²) >= 11 is 5.77. The number of halogens is 4. The maximum atomic E-state index is 13.3. The van der Waals surface area contributed by atoms with Crippen molar-refractivity contribution in [2.75, 3.05) is 11.1 Å². The molecule has 0 spiro atoms. The Hall–Kier alpha value is -3.23. The number of nitrogens with zero attached hydrogens (tertiary/aromatic N) is 4. The minimum atomic E-state index is -4.67. The first-order chi connectivity index (χ1) is 17.2.